The number of hydrogen-bond donors (Lipinski definition) is 2. The number of benzene rings is 1. The molecule has 1 aromatic carbocycles. The van der Waals surface area contributed by atoms with Crippen molar-refractivity contribution >= 4 is 33.6 Å². The lowest BCUT2D eigenvalue weighted by atomic mass is 9.98. The predicted octanol–water partition coefficient (Wildman–Crippen LogP) is 2.68. The molecule has 2 aliphatic rings. The Morgan fingerprint density at radius 1 is 1.21 bits per heavy atom. The lowest BCUT2D eigenvalue weighted by molar-refractivity contribution is 0.0695. The van der Waals surface area contributed by atoms with Crippen LogP contribution in [0.1, 0.15) is 49.0 Å². The number of fused-ring (bicyclic) bond motifs is 3. The quantitative estimate of drug-likeness (QED) is 0.718. The standard InChI is InChI=1S/C19H20FN5O3/c1-9-4-6-24(7-5-9)17-13(20)16-12(14-15(17)22-23-21-14)18(26)11(19(27)28)8-25(16)10-2-3-10/h8-10H,2-7H2,1H3,(H,27,28)(H,21,22,23). The highest BCUT2D eigenvalue weighted by atomic mass is 19.1. The number of carbonyl (C=O) groups is 1. The number of aromatic nitrogens is 4. The summed E-state index contributed by atoms with van der Waals surface area (Å²) < 4.78 is 17.5. The summed E-state index contributed by atoms with van der Waals surface area (Å²) in [6.07, 6.45) is 4.82. The van der Waals surface area contributed by atoms with Gasteiger partial charge in [0.15, 0.2) is 5.82 Å². The van der Waals surface area contributed by atoms with Gasteiger partial charge in [0.1, 0.15) is 22.3 Å². The van der Waals surface area contributed by atoms with Crippen molar-refractivity contribution in [3.63, 3.8) is 0 Å². The smallest absolute Gasteiger partial charge is 0.341 e. The van der Waals surface area contributed by atoms with Gasteiger partial charge < -0.3 is 14.6 Å². The zero-order chi connectivity index (χ0) is 19.6. The lowest BCUT2D eigenvalue weighted by Gasteiger charge is -2.32. The maximum atomic E-state index is 15.9. The van der Waals surface area contributed by atoms with E-state index in [1.165, 1.54) is 6.20 Å². The number of anilines is 1. The van der Waals surface area contributed by atoms with E-state index < -0.39 is 17.2 Å². The zero-order valence-corrected chi connectivity index (χ0v) is 15.4. The van der Waals surface area contributed by atoms with Gasteiger partial charge in [-0.2, -0.15) is 15.4 Å². The Morgan fingerprint density at radius 3 is 2.54 bits per heavy atom. The average molecular weight is 385 g/mol. The molecule has 5 rings (SSSR count). The van der Waals surface area contributed by atoms with Crippen LogP contribution in [-0.2, 0) is 0 Å². The second-order valence-corrected chi connectivity index (χ2v) is 7.89. The van der Waals surface area contributed by atoms with Crippen molar-refractivity contribution < 1.29 is 14.3 Å². The van der Waals surface area contributed by atoms with Crippen LogP contribution in [0.2, 0.25) is 0 Å². The van der Waals surface area contributed by atoms with Crippen molar-refractivity contribution in [2.45, 2.75) is 38.6 Å². The Morgan fingerprint density at radius 2 is 1.89 bits per heavy atom. The number of nitrogens with one attached hydrogen (secondary N) is 1. The van der Waals surface area contributed by atoms with Gasteiger partial charge in [-0.3, -0.25) is 4.79 Å². The van der Waals surface area contributed by atoms with E-state index in [-0.39, 0.29) is 33.5 Å². The molecule has 146 valence electrons. The molecule has 1 saturated carbocycles. The van der Waals surface area contributed by atoms with Gasteiger partial charge >= 0.3 is 5.97 Å². The van der Waals surface area contributed by atoms with Crippen molar-refractivity contribution in [1.29, 1.82) is 0 Å². The van der Waals surface area contributed by atoms with Gasteiger partial charge in [0.05, 0.1) is 10.9 Å². The number of piperidine rings is 1. The molecule has 9 heteroatoms. The molecule has 2 aromatic heterocycles. The predicted molar refractivity (Wildman–Crippen MR) is 101 cm³/mol. The van der Waals surface area contributed by atoms with Crippen molar-refractivity contribution in [2.75, 3.05) is 18.0 Å². The molecular weight excluding hydrogens is 365 g/mol. The molecule has 2 fully saturated rings. The first kappa shape index (κ1) is 17.2. The number of halogens is 1. The van der Waals surface area contributed by atoms with Gasteiger partial charge in [0, 0.05) is 25.3 Å². The highest BCUT2D eigenvalue weighted by Crippen LogP contribution is 2.41. The molecule has 3 heterocycles. The Kier molecular flexibility index (Phi) is 3.68. The van der Waals surface area contributed by atoms with Crippen LogP contribution in [0.25, 0.3) is 21.9 Å². The summed E-state index contributed by atoms with van der Waals surface area (Å²) >= 11 is 0. The van der Waals surface area contributed by atoms with E-state index in [9.17, 15) is 14.7 Å². The number of pyridine rings is 1. The van der Waals surface area contributed by atoms with Crippen LogP contribution in [0.5, 0.6) is 0 Å². The monoisotopic (exact) mass is 385 g/mol. The SMILES string of the molecule is CC1CCN(c2c(F)c3c(c(=O)c(C(=O)O)cn3C3CC3)c3n[nH]nc23)CC1. The summed E-state index contributed by atoms with van der Waals surface area (Å²) in [4.78, 5) is 26.5. The zero-order valence-electron chi connectivity index (χ0n) is 15.4. The summed E-state index contributed by atoms with van der Waals surface area (Å²) in [7, 11) is 0. The summed E-state index contributed by atoms with van der Waals surface area (Å²) in [5.74, 6) is -1.27. The Labute approximate surface area is 158 Å². The number of aromatic carboxylic acids is 1. The lowest BCUT2D eigenvalue weighted by Crippen LogP contribution is -2.34. The maximum absolute atomic E-state index is 15.9. The minimum atomic E-state index is -1.33. The molecule has 3 aromatic rings. The van der Waals surface area contributed by atoms with E-state index in [1.807, 2.05) is 4.90 Å². The van der Waals surface area contributed by atoms with Gasteiger partial charge in [-0.15, -0.1) is 0 Å². The molecule has 8 nitrogen and oxygen atoms in total. The van der Waals surface area contributed by atoms with Gasteiger partial charge in [-0.05, 0) is 31.6 Å². The van der Waals surface area contributed by atoms with Crippen LogP contribution in [0.4, 0.5) is 10.1 Å². The molecule has 1 saturated heterocycles. The van der Waals surface area contributed by atoms with Gasteiger partial charge in [0.2, 0.25) is 5.43 Å². The third-order valence-electron chi connectivity index (χ3n) is 5.93. The summed E-state index contributed by atoms with van der Waals surface area (Å²) in [5, 5.41) is 20.2. The largest absolute Gasteiger partial charge is 0.477 e. The minimum Gasteiger partial charge on any atom is -0.477 e. The summed E-state index contributed by atoms with van der Waals surface area (Å²) in [6.45, 7) is 3.58. The average Bonchev–Trinajstić information content (AvgIpc) is 3.40. The highest BCUT2D eigenvalue weighted by Gasteiger charge is 2.33. The Hall–Kier alpha value is -2.97. The van der Waals surface area contributed by atoms with Crippen LogP contribution in [-0.4, -0.2) is 44.1 Å². The molecule has 1 aliphatic carbocycles. The number of H-pyrrole nitrogens is 1. The Bertz CT molecular complexity index is 1170. The second kappa shape index (κ2) is 6.02. The first-order chi connectivity index (χ1) is 13.5. The van der Waals surface area contributed by atoms with Gasteiger partial charge in [-0.1, -0.05) is 6.92 Å². The van der Waals surface area contributed by atoms with E-state index in [1.54, 1.807) is 4.57 Å². The van der Waals surface area contributed by atoms with E-state index in [0.717, 1.165) is 25.7 Å². The van der Waals surface area contributed by atoms with Crippen LogP contribution in [0, 0.1) is 11.7 Å². The fraction of sp³-hybridized carbons (Fsp3) is 0.474. The van der Waals surface area contributed by atoms with Gasteiger partial charge in [0.25, 0.3) is 0 Å². The van der Waals surface area contributed by atoms with Crippen molar-refractivity contribution in [3.05, 3.63) is 27.8 Å². The number of aromatic amines is 1. The molecular formula is C19H20FN5O3. The number of nitrogens with zero attached hydrogens (tertiary/aromatic N) is 4. The molecule has 0 radical (unpaired) electrons. The van der Waals surface area contributed by atoms with Gasteiger partial charge in [-0.25, -0.2) is 9.18 Å². The molecule has 0 amide bonds. The summed E-state index contributed by atoms with van der Waals surface area (Å²) in [5.41, 5.74) is -0.111. The molecule has 1 aliphatic heterocycles. The first-order valence-electron chi connectivity index (χ1n) is 9.56. The number of rotatable bonds is 3. The fourth-order valence-corrected chi connectivity index (χ4v) is 4.18. The molecule has 0 spiro atoms. The van der Waals surface area contributed by atoms with E-state index >= 15 is 4.39 Å². The van der Waals surface area contributed by atoms with E-state index in [4.69, 9.17) is 0 Å². The number of hydrogen-bond acceptors (Lipinski definition) is 5. The number of carboxylic acids is 1. The highest BCUT2D eigenvalue weighted by molar-refractivity contribution is 6.10. The molecule has 0 atom stereocenters. The van der Waals surface area contributed by atoms with Crippen LogP contribution < -0.4 is 10.3 Å². The van der Waals surface area contributed by atoms with Crippen LogP contribution in [0.15, 0.2) is 11.0 Å². The van der Waals surface area contributed by atoms with Crippen LogP contribution in [0.3, 0.4) is 0 Å². The van der Waals surface area contributed by atoms with Crippen molar-refractivity contribution in [1.82, 2.24) is 20.0 Å². The molecule has 0 unspecified atom stereocenters. The van der Waals surface area contributed by atoms with Crippen molar-refractivity contribution in [2.24, 2.45) is 5.92 Å². The first-order valence-corrected chi connectivity index (χ1v) is 9.56. The fourth-order valence-electron chi connectivity index (χ4n) is 4.18. The second-order valence-electron chi connectivity index (χ2n) is 7.89. The molecule has 2 N–H and O–H groups in total. The Balaban J connectivity index is 1.88. The third-order valence-corrected chi connectivity index (χ3v) is 5.93. The molecule has 28 heavy (non-hydrogen) atoms. The third kappa shape index (κ3) is 2.42. The minimum absolute atomic E-state index is 0.00530. The number of carboxylic acid groups (broad SMARTS) is 1. The van der Waals surface area contributed by atoms with E-state index in [2.05, 4.69) is 22.3 Å². The topological polar surface area (TPSA) is 104 Å². The van der Waals surface area contributed by atoms with E-state index in [0.29, 0.717) is 24.7 Å². The van der Waals surface area contributed by atoms with Crippen molar-refractivity contribution in [3.8, 4) is 0 Å². The normalized spacial score (nSPS) is 18.3. The molecule has 0 bridgehead atoms. The van der Waals surface area contributed by atoms with Crippen LogP contribution >= 0.6 is 0 Å². The maximum Gasteiger partial charge on any atom is 0.341 e. The summed E-state index contributed by atoms with van der Waals surface area (Å²) in [6, 6.07) is -0.00530.